The first-order valence-corrected chi connectivity index (χ1v) is 12.0. The molecular weight excluding hydrogens is 398 g/mol. The smallest absolute Gasteiger partial charge is 0.224 e. The van der Waals surface area contributed by atoms with Crippen molar-refractivity contribution < 1.29 is 9.59 Å². The van der Waals surface area contributed by atoms with Crippen molar-refractivity contribution in [3.8, 4) is 0 Å². The lowest BCUT2D eigenvalue weighted by atomic mass is 10.1. The van der Waals surface area contributed by atoms with E-state index >= 15 is 0 Å². The molecule has 0 heterocycles. The Morgan fingerprint density at radius 3 is 1.97 bits per heavy atom. The molecule has 2 N–H and O–H groups in total. The number of nitrogens with two attached hydrogens (primary N) is 1. The third-order valence-electron chi connectivity index (χ3n) is 5.62. The van der Waals surface area contributed by atoms with Gasteiger partial charge in [-0.3, -0.25) is 9.59 Å². The van der Waals surface area contributed by atoms with Crippen molar-refractivity contribution in [3.63, 3.8) is 0 Å². The largest absolute Gasteiger partial charge is 0.342 e. The number of unbranched alkanes of at least 4 members (excludes halogenated alkanes) is 2. The van der Waals surface area contributed by atoms with Crippen LogP contribution in [0.4, 0.5) is 0 Å². The average molecular weight is 438 g/mol. The van der Waals surface area contributed by atoms with E-state index in [0.717, 1.165) is 37.7 Å². The van der Waals surface area contributed by atoms with E-state index < -0.39 is 0 Å². The summed E-state index contributed by atoms with van der Waals surface area (Å²) in [7, 11) is 0. The lowest BCUT2D eigenvalue weighted by Gasteiger charge is -2.26. The van der Waals surface area contributed by atoms with Gasteiger partial charge in [-0.25, -0.2) is 0 Å². The van der Waals surface area contributed by atoms with E-state index in [0.29, 0.717) is 45.6 Å². The Kier molecular flexibility index (Phi) is 12.2. The maximum Gasteiger partial charge on any atom is 0.224 e. The normalized spacial score (nSPS) is 10.7. The van der Waals surface area contributed by atoms with Gasteiger partial charge >= 0.3 is 0 Å². The van der Waals surface area contributed by atoms with Gasteiger partial charge in [-0.05, 0) is 43.4 Å². The zero-order valence-electron chi connectivity index (χ0n) is 19.5. The summed E-state index contributed by atoms with van der Waals surface area (Å²) < 4.78 is 0. The van der Waals surface area contributed by atoms with Crippen molar-refractivity contribution in [3.05, 3.63) is 71.8 Å². The minimum Gasteiger partial charge on any atom is -0.342 e. The van der Waals surface area contributed by atoms with Crippen molar-refractivity contribution >= 4 is 11.8 Å². The highest BCUT2D eigenvalue weighted by molar-refractivity contribution is 5.79. The second-order valence-corrected chi connectivity index (χ2v) is 8.27. The molecule has 0 aliphatic rings. The number of hydrogen-bond acceptors (Lipinski definition) is 3. The maximum absolute atomic E-state index is 13.2. The van der Waals surface area contributed by atoms with Crippen LogP contribution in [0.2, 0.25) is 0 Å². The van der Waals surface area contributed by atoms with E-state index in [2.05, 4.69) is 31.2 Å². The number of benzene rings is 2. The monoisotopic (exact) mass is 437 g/mol. The molecule has 5 heteroatoms. The molecule has 0 atom stereocenters. The molecule has 0 bridgehead atoms. The summed E-state index contributed by atoms with van der Waals surface area (Å²) in [4.78, 5) is 29.6. The van der Waals surface area contributed by atoms with Crippen LogP contribution in [0, 0.1) is 0 Å². The highest BCUT2D eigenvalue weighted by Crippen LogP contribution is 2.11. The second-order valence-electron chi connectivity index (χ2n) is 8.27. The topological polar surface area (TPSA) is 66.6 Å². The van der Waals surface area contributed by atoms with Crippen LogP contribution in [0.5, 0.6) is 0 Å². The summed E-state index contributed by atoms with van der Waals surface area (Å²) in [5.74, 6) is 0.248. The molecule has 0 spiro atoms. The number of nitrogens with zero attached hydrogens (tertiary/aromatic N) is 2. The van der Waals surface area contributed by atoms with Crippen LogP contribution >= 0.6 is 0 Å². The van der Waals surface area contributed by atoms with E-state index in [-0.39, 0.29) is 11.8 Å². The lowest BCUT2D eigenvalue weighted by molar-refractivity contribution is -0.134. The fourth-order valence-corrected chi connectivity index (χ4v) is 3.78. The highest BCUT2D eigenvalue weighted by Gasteiger charge is 2.18. The van der Waals surface area contributed by atoms with Crippen molar-refractivity contribution in [2.24, 2.45) is 5.73 Å². The maximum atomic E-state index is 13.2. The van der Waals surface area contributed by atoms with Gasteiger partial charge in [-0.2, -0.15) is 0 Å². The third kappa shape index (κ3) is 9.65. The molecule has 0 aliphatic heterocycles. The summed E-state index contributed by atoms with van der Waals surface area (Å²) in [5, 5.41) is 0. The predicted molar refractivity (Wildman–Crippen MR) is 131 cm³/mol. The molecular formula is C27H39N3O2. The summed E-state index contributed by atoms with van der Waals surface area (Å²) >= 11 is 0. The van der Waals surface area contributed by atoms with E-state index in [1.54, 1.807) is 0 Å². The Bertz CT molecular complexity index is 780. The van der Waals surface area contributed by atoms with E-state index in [1.807, 2.05) is 46.2 Å². The highest BCUT2D eigenvalue weighted by atomic mass is 16.2. The molecule has 174 valence electrons. The van der Waals surface area contributed by atoms with Gasteiger partial charge in [0.25, 0.3) is 0 Å². The Hall–Kier alpha value is -2.66. The van der Waals surface area contributed by atoms with Crippen LogP contribution in [-0.4, -0.2) is 47.8 Å². The Balaban J connectivity index is 1.95. The van der Waals surface area contributed by atoms with Gasteiger partial charge in [0.15, 0.2) is 0 Å². The number of carbonyl (C=O) groups excluding carboxylic acids is 2. The van der Waals surface area contributed by atoms with Crippen LogP contribution in [0.25, 0.3) is 0 Å². The molecule has 2 rings (SSSR count). The van der Waals surface area contributed by atoms with Gasteiger partial charge in [0.2, 0.25) is 11.8 Å². The van der Waals surface area contributed by atoms with Crippen LogP contribution in [0.15, 0.2) is 60.7 Å². The van der Waals surface area contributed by atoms with Crippen molar-refractivity contribution in [2.45, 2.75) is 58.4 Å². The summed E-state index contributed by atoms with van der Waals surface area (Å²) in [5.41, 5.74) is 7.88. The summed E-state index contributed by atoms with van der Waals surface area (Å²) in [6.45, 7) is 5.18. The molecule has 2 amide bonds. The first kappa shape index (κ1) is 25.6. The molecule has 32 heavy (non-hydrogen) atoms. The van der Waals surface area contributed by atoms with Crippen molar-refractivity contribution in [2.75, 3.05) is 26.2 Å². The Labute approximate surface area is 193 Å². The first-order valence-electron chi connectivity index (χ1n) is 12.0. The SMILES string of the molecule is CCCN(CCC(=O)N(CCc1ccccc1)Cc1ccccc1)C(=O)CCCCCN. The molecule has 0 saturated carbocycles. The number of hydrogen-bond donors (Lipinski definition) is 1. The molecule has 0 unspecified atom stereocenters. The fourth-order valence-electron chi connectivity index (χ4n) is 3.78. The minimum atomic E-state index is 0.0989. The van der Waals surface area contributed by atoms with Crippen LogP contribution < -0.4 is 5.73 Å². The summed E-state index contributed by atoms with van der Waals surface area (Å²) in [6.07, 6.45) is 5.40. The van der Waals surface area contributed by atoms with Gasteiger partial charge < -0.3 is 15.5 Å². The van der Waals surface area contributed by atoms with Gasteiger partial charge in [-0.15, -0.1) is 0 Å². The zero-order chi connectivity index (χ0) is 23.0. The predicted octanol–water partition coefficient (Wildman–Crippen LogP) is 4.41. The fraction of sp³-hybridized carbons (Fsp3) is 0.481. The molecule has 5 nitrogen and oxygen atoms in total. The number of carbonyl (C=O) groups is 2. The number of amides is 2. The van der Waals surface area contributed by atoms with Crippen LogP contribution in [0.3, 0.4) is 0 Å². The van der Waals surface area contributed by atoms with Crippen molar-refractivity contribution in [1.29, 1.82) is 0 Å². The Morgan fingerprint density at radius 2 is 1.34 bits per heavy atom. The average Bonchev–Trinajstić information content (AvgIpc) is 2.83. The van der Waals surface area contributed by atoms with Crippen molar-refractivity contribution in [1.82, 2.24) is 9.80 Å². The van der Waals surface area contributed by atoms with Gasteiger partial charge in [0, 0.05) is 39.0 Å². The first-order chi connectivity index (χ1) is 15.6. The lowest BCUT2D eigenvalue weighted by Crippen LogP contribution is -2.38. The number of rotatable bonds is 15. The van der Waals surface area contributed by atoms with Gasteiger partial charge in [0.1, 0.15) is 0 Å². The standard InChI is InChI=1S/C27H39N3O2/c1-2-20-29(26(31)16-10-5-11-19-28)22-18-27(32)30(23-25-14-8-4-9-15-25)21-17-24-12-6-3-7-13-24/h3-4,6-9,12-15H,2,5,10-11,16-23,28H2,1H3. The van der Waals surface area contributed by atoms with Gasteiger partial charge in [-0.1, -0.05) is 74.0 Å². The molecule has 0 aliphatic carbocycles. The van der Waals surface area contributed by atoms with E-state index in [1.165, 1.54) is 5.56 Å². The molecule has 0 saturated heterocycles. The zero-order valence-corrected chi connectivity index (χ0v) is 19.5. The molecule has 0 fully saturated rings. The van der Waals surface area contributed by atoms with Gasteiger partial charge in [0.05, 0.1) is 0 Å². The quantitative estimate of drug-likeness (QED) is 0.420. The Morgan fingerprint density at radius 1 is 0.719 bits per heavy atom. The molecule has 0 aromatic heterocycles. The van der Waals surface area contributed by atoms with Crippen LogP contribution in [-0.2, 0) is 22.6 Å². The molecule has 0 radical (unpaired) electrons. The third-order valence-corrected chi connectivity index (χ3v) is 5.62. The second kappa shape index (κ2) is 15.2. The van der Waals surface area contributed by atoms with E-state index in [4.69, 9.17) is 5.73 Å². The minimum absolute atomic E-state index is 0.0989. The van der Waals surface area contributed by atoms with E-state index in [9.17, 15) is 9.59 Å². The molecule has 2 aromatic carbocycles. The molecule has 2 aromatic rings. The van der Waals surface area contributed by atoms with Crippen LogP contribution in [0.1, 0.15) is 56.6 Å². The summed E-state index contributed by atoms with van der Waals surface area (Å²) in [6, 6.07) is 20.3.